The number of pyridine rings is 1. The molecule has 0 atom stereocenters. The van der Waals surface area contributed by atoms with E-state index >= 15 is 0 Å². The van der Waals surface area contributed by atoms with Crippen molar-refractivity contribution in [3.63, 3.8) is 0 Å². The van der Waals surface area contributed by atoms with E-state index in [0.29, 0.717) is 16.4 Å². The van der Waals surface area contributed by atoms with Crippen LogP contribution in [-0.2, 0) is 0 Å². The summed E-state index contributed by atoms with van der Waals surface area (Å²) in [6.45, 7) is 0. The average molecular weight is 324 g/mol. The Morgan fingerprint density at radius 1 is 0.913 bits per heavy atom. The molecular weight excluding hydrogens is 310 g/mol. The van der Waals surface area contributed by atoms with E-state index in [0.717, 1.165) is 11.4 Å². The van der Waals surface area contributed by atoms with Crippen molar-refractivity contribution in [2.24, 2.45) is 0 Å². The van der Waals surface area contributed by atoms with Crippen LogP contribution in [0.1, 0.15) is 10.4 Å². The number of rotatable bonds is 3. The number of nitrogens with two attached hydrogens (primary N) is 1. The molecule has 2 aromatic carbocycles. The second kappa shape index (κ2) is 6.50. The maximum atomic E-state index is 13.0. The third-order valence-corrected chi connectivity index (χ3v) is 3.57. The normalized spacial score (nSPS) is 10.3. The summed E-state index contributed by atoms with van der Waals surface area (Å²) in [7, 11) is 0. The number of aromatic nitrogens is 1. The van der Waals surface area contributed by atoms with Gasteiger partial charge in [0.2, 0.25) is 0 Å². The van der Waals surface area contributed by atoms with Gasteiger partial charge in [0, 0.05) is 23.3 Å². The molecule has 114 valence electrons. The lowest BCUT2D eigenvalue weighted by Gasteiger charge is -2.23. The molecule has 1 heterocycles. The molecule has 0 saturated heterocycles. The summed E-state index contributed by atoms with van der Waals surface area (Å²) in [5.74, 6) is -0.190. The molecule has 0 fully saturated rings. The van der Waals surface area contributed by atoms with Crippen molar-refractivity contribution in [1.82, 2.24) is 4.98 Å². The lowest BCUT2D eigenvalue weighted by molar-refractivity contribution is 0.0999. The van der Waals surface area contributed by atoms with Gasteiger partial charge in [0.1, 0.15) is 5.15 Å². The Morgan fingerprint density at radius 2 is 1.57 bits per heavy atom. The van der Waals surface area contributed by atoms with Gasteiger partial charge in [-0.3, -0.25) is 9.69 Å². The molecule has 0 spiro atoms. The van der Waals surface area contributed by atoms with E-state index in [1.807, 2.05) is 42.5 Å². The molecule has 0 bridgehead atoms. The molecule has 1 aromatic heterocycles. The Labute approximate surface area is 139 Å². The number of para-hydroxylation sites is 1. The predicted molar refractivity (Wildman–Crippen MR) is 93.0 cm³/mol. The minimum Gasteiger partial charge on any atom is -0.399 e. The number of anilines is 3. The van der Waals surface area contributed by atoms with E-state index in [2.05, 4.69) is 4.98 Å². The summed E-state index contributed by atoms with van der Waals surface area (Å²) < 4.78 is 0. The van der Waals surface area contributed by atoms with Crippen LogP contribution in [0.5, 0.6) is 0 Å². The van der Waals surface area contributed by atoms with Crippen LogP contribution in [0.15, 0.2) is 72.9 Å². The van der Waals surface area contributed by atoms with E-state index in [4.69, 9.17) is 17.3 Å². The van der Waals surface area contributed by atoms with Gasteiger partial charge in [0.15, 0.2) is 0 Å². The maximum Gasteiger partial charge on any atom is 0.264 e. The lowest BCUT2D eigenvalue weighted by Crippen LogP contribution is -2.26. The van der Waals surface area contributed by atoms with E-state index < -0.39 is 0 Å². The molecule has 0 radical (unpaired) electrons. The molecule has 23 heavy (non-hydrogen) atoms. The SMILES string of the molecule is Nc1ccc(N(C(=O)c2ccc(Cl)nc2)c2ccccc2)cc1. The van der Waals surface area contributed by atoms with Crippen molar-refractivity contribution >= 4 is 34.6 Å². The van der Waals surface area contributed by atoms with Gasteiger partial charge in [0.25, 0.3) is 5.91 Å². The van der Waals surface area contributed by atoms with E-state index in [1.165, 1.54) is 6.20 Å². The smallest absolute Gasteiger partial charge is 0.264 e. The molecule has 0 aliphatic carbocycles. The second-order valence-electron chi connectivity index (χ2n) is 4.94. The van der Waals surface area contributed by atoms with Gasteiger partial charge in [-0.25, -0.2) is 4.98 Å². The summed E-state index contributed by atoms with van der Waals surface area (Å²) in [6.07, 6.45) is 1.47. The molecule has 0 unspecified atom stereocenters. The number of benzene rings is 2. The zero-order chi connectivity index (χ0) is 16.2. The topological polar surface area (TPSA) is 59.2 Å². The minimum absolute atomic E-state index is 0.190. The first-order valence-electron chi connectivity index (χ1n) is 7.02. The molecule has 1 amide bonds. The third kappa shape index (κ3) is 3.33. The Balaban J connectivity index is 2.06. The van der Waals surface area contributed by atoms with Gasteiger partial charge in [-0.15, -0.1) is 0 Å². The molecule has 0 aliphatic heterocycles. The summed E-state index contributed by atoms with van der Waals surface area (Å²) in [5.41, 5.74) is 8.32. The van der Waals surface area contributed by atoms with Gasteiger partial charge in [0.05, 0.1) is 5.56 Å². The van der Waals surface area contributed by atoms with Crippen molar-refractivity contribution in [1.29, 1.82) is 0 Å². The number of halogens is 1. The van der Waals surface area contributed by atoms with Crippen LogP contribution in [0.25, 0.3) is 0 Å². The van der Waals surface area contributed by atoms with Crippen LogP contribution in [0, 0.1) is 0 Å². The standard InChI is InChI=1S/C18H14ClN3O/c19-17-11-6-13(12-21-17)18(23)22(15-4-2-1-3-5-15)16-9-7-14(20)8-10-16/h1-12H,20H2. The van der Waals surface area contributed by atoms with Crippen LogP contribution in [0.4, 0.5) is 17.1 Å². The Morgan fingerprint density at radius 3 is 2.17 bits per heavy atom. The van der Waals surface area contributed by atoms with E-state index in [-0.39, 0.29) is 5.91 Å². The van der Waals surface area contributed by atoms with Crippen molar-refractivity contribution in [3.05, 3.63) is 83.6 Å². The summed E-state index contributed by atoms with van der Waals surface area (Å²) in [4.78, 5) is 18.6. The molecule has 5 heteroatoms. The Hall–Kier alpha value is -2.85. The molecule has 2 N–H and O–H groups in total. The monoisotopic (exact) mass is 323 g/mol. The van der Waals surface area contributed by atoms with E-state index in [9.17, 15) is 4.79 Å². The number of hydrogen-bond acceptors (Lipinski definition) is 3. The lowest BCUT2D eigenvalue weighted by atomic mass is 10.1. The Bertz CT molecular complexity index is 802. The molecule has 4 nitrogen and oxygen atoms in total. The zero-order valence-corrected chi connectivity index (χ0v) is 12.9. The first-order valence-corrected chi connectivity index (χ1v) is 7.39. The van der Waals surface area contributed by atoms with Crippen molar-refractivity contribution in [3.8, 4) is 0 Å². The highest BCUT2D eigenvalue weighted by molar-refractivity contribution is 6.29. The highest BCUT2D eigenvalue weighted by Gasteiger charge is 2.19. The fraction of sp³-hybridized carbons (Fsp3) is 0. The molecule has 0 saturated carbocycles. The van der Waals surface area contributed by atoms with Crippen LogP contribution >= 0.6 is 11.6 Å². The zero-order valence-electron chi connectivity index (χ0n) is 12.2. The van der Waals surface area contributed by atoms with Crippen molar-refractivity contribution < 1.29 is 4.79 Å². The number of nitrogen functional groups attached to an aromatic ring is 1. The molecule has 3 aromatic rings. The molecular formula is C18H14ClN3O. The number of nitrogens with zero attached hydrogens (tertiary/aromatic N) is 2. The minimum atomic E-state index is -0.190. The molecule has 0 aliphatic rings. The second-order valence-corrected chi connectivity index (χ2v) is 5.32. The number of carbonyl (C=O) groups is 1. The highest BCUT2D eigenvalue weighted by atomic mass is 35.5. The van der Waals surface area contributed by atoms with Crippen molar-refractivity contribution in [2.45, 2.75) is 0 Å². The van der Waals surface area contributed by atoms with Crippen LogP contribution in [0.2, 0.25) is 5.15 Å². The first kappa shape index (κ1) is 15.1. The van der Waals surface area contributed by atoms with E-state index in [1.54, 1.807) is 29.2 Å². The highest BCUT2D eigenvalue weighted by Crippen LogP contribution is 2.28. The quantitative estimate of drug-likeness (QED) is 0.577. The summed E-state index contributed by atoms with van der Waals surface area (Å²) in [6, 6.07) is 19.8. The predicted octanol–water partition coefficient (Wildman–Crippen LogP) is 4.30. The maximum absolute atomic E-state index is 13.0. The van der Waals surface area contributed by atoms with Gasteiger partial charge in [-0.1, -0.05) is 29.8 Å². The van der Waals surface area contributed by atoms with Gasteiger partial charge >= 0.3 is 0 Å². The van der Waals surface area contributed by atoms with Crippen LogP contribution < -0.4 is 10.6 Å². The Kier molecular flexibility index (Phi) is 4.26. The number of amides is 1. The summed E-state index contributed by atoms with van der Waals surface area (Å²) >= 11 is 5.80. The largest absolute Gasteiger partial charge is 0.399 e. The third-order valence-electron chi connectivity index (χ3n) is 3.34. The fourth-order valence-electron chi connectivity index (χ4n) is 2.22. The van der Waals surface area contributed by atoms with Crippen LogP contribution in [-0.4, -0.2) is 10.9 Å². The number of hydrogen-bond donors (Lipinski definition) is 1. The average Bonchev–Trinajstić information content (AvgIpc) is 2.58. The molecule has 3 rings (SSSR count). The van der Waals surface area contributed by atoms with Gasteiger partial charge < -0.3 is 5.73 Å². The van der Waals surface area contributed by atoms with Crippen molar-refractivity contribution in [2.75, 3.05) is 10.6 Å². The first-order chi connectivity index (χ1) is 11.1. The number of carbonyl (C=O) groups excluding carboxylic acids is 1. The van der Waals surface area contributed by atoms with Gasteiger partial charge in [-0.05, 0) is 48.5 Å². The fourth-order valence-corrected chi connectivity index (χ4v) is 2.33. The van der Waals surface area contributed by atoms with Gasteiger partial charge in [-0.2, -0.15) is 0 Å². The summed E-state index contributed by atoms with van der Waals surface area (Å²) in [5, 5.41) is 0.347. The van der Waals surface area contributed by atoms with Crippen LogP contribution in [0.3, 0.4) is 0 Å².